The molecule has 1 amide bonds. The molecule has 26 heavy (non-hydrogen) atoms. The number of carbonyl (C=O) groups excluding carboxylic acids is 1. The number of aromatic nitrogens is 3. The highest BCUT2D eigenvalue weighted by atomic mass is 32.2. The number of para-hydroxylation sites is 2. The van der Waals surface area contributed by atoms with Gasteiger partial charge in [0.1, 0.15) is 6.54 Å². The molecule has 0 unspecified atom stereocenters. The van der Waals surface area contributed by atoms with E-state index in [-0.39, 0.29) is 5.91 Å². The molecule has 0 aliphatic carbocycles. The molecule has 0 atom stereocenters. The fraction of sp³-hybridized carbons (Fsp3) is 0.105. The number of rotatable bonds is 6. The third kappa shape index (κ3) is 3.79. The summed E-state index contributed by atoms with van der Waals surface area (Å²) >= 11 is 2.91. The monoisotopic (exact) mass is 381 g/mol. The van der Waals surface area contributed by atoms with Crippen molar-refractivity contribution in [2.45, 2.75) is 11.7 Å². The van der Waals surface area contributed by atoms with Crippen LogP contribution in [0.15, 0.2) is 71.3 Å². The van der Waals surface area contributed by atoms with Gasteiger partial charge in [-0.3, -0.25) is 4.79 Å². The fourth-order valence-corrected chi connectivity index (χ4v) is 4.10. The lowest BCUT2D eigenvalue weighted by Crippen LogP contribution is -2.35. The maximum Gasteiger partial charge on any atom is 0.317 e. The van der Waals surface area contributed by atoms with Crippen LogP contribution in [-0.4, -0.2) is 21.6 Å². The minimum atomic E-state index is -0.0603. The standard InChI is InChI=1S/C19H16N4OS2/c24-17(22-18-20-10-11-25-18)13-26-19-21-15-8-4-5-9-16(15)23(19)12-14-6-2-1-3-7-14/h1-11H,12-13H2,(H,20,22,24)/p+1. The summed E-state index contributed by atoms with van der Waals surface area (Å²) in [5, 5.41) is 6.25. The first-order chi connectivity index (χ1) is 12.8. The summed E-state index contributed by atoms with van der Waals surface area (Å²) in [6.45, 7) is 0.751. The van der Waals surface area contributed by atoms with E-state index in [0.29, 0.717) is 10.9 Å². The first-order valence-corrected chi connectivity index (χ1v) is 10.0. The van der Waals surface area contributed by atoms with Gasteiger partial charge in [0, 0.05) is 11.6 Å². The number of nitrogens with zero attached hydrogens (tertiary/aromatic N) is 2. The average molecular weight is 382 g/mol. The SMILES string of the molecule is O=C(CSc1[nH]c2ccccc2[n+]1Cc1ccccc1)Nc1nccs1. The number of amides is 1. The molecule has 2 aromatic heterocycles. The maximum absolute atomic E-state index is 12.2. The van der Waals surface area contributed by atoms with Gasteiger partial charge >= 0.3 is 5.16 Å². The molecule has 7 heteroatoms. The summed E-state index contributed by atoms with van der Waals surface area (Å²) in [6.07, 6.45) is 1.68. The molecule has 4 rings (SSSR count). The highest BCUT2D eigenvalue weighted by Gasteiger charge is 2.20. The molecule has 0 saturated carbocycles. The van der Waals surface area contributed by atoms with Crippen molar-refractivity contribution in [2.75, 3.05) is 11.1 Å². The van der Waals surface area contributed by atoms with Gasteiger partial charge in [-0.15, -0.1) is 11.3 Å². The number of hydrogen-bond acceptors (Lipinski definition) is 4. The Kier molecular flexibility index (Phi) is 4.99. The van der Waals surface area contributed by atoms with E-state index in [9.17, 15) is 4.79 Å². The van der Waals surface area contributed by atoms with E-state index < -0.39 is 0 Å². The molecular formula is C19H17N4OS2+. The first-order valence-electron chi connectivity index (χ1n) is 8.16. The Bertz CT molecular complexity index is 1010. The highest BCUT2D eigenvalue weighted by Crippen LogP contribution is 2.19. The summed E-state index contributed by atoms with van der Waals surface area (Å²) in [6, 6.07) is 18.5. The van der Waals surface area contributed by atoms with E-state index in [0.717, 1.165) is 22.7 Å². The van der Waals surface area contributed by atoms with Gasteiger partial charge in [0.25, 0.3) is 0 Å². The number of nitrogens with one attached hydrogen (secondary N) is 2. The van der Waals surface area contributed by atoms with Crippen LogP contribution in [-0.2, 0) is 11.3 Å². The van der Waals surface area contributed by atoms with Crippen LogP contribution in [0.1, 0.15) is 5.56 Å². The number of thioether (sulfide) groups is 1. The zero-order chi connectivity index (χ0) is 17.8. The van der Waals surface area contributed by atoms with Crippen molar-refractivity contribution in [3.8, 4) is 0 Å². The molecule has 0 spiro atoms. The maximum atomic E-state index is 12.2. The molecule has 0 aliphatic heterocycles. The van der Waals surface area contributed by atoms with Gasteiger partial charge in [-0.2, -0.15) is 0 Å². The van der Waals surface area contributed by atoms with E-state index >= 15 is 0 Å². The van der Waals surface area contributed by atoms with Crippen molar-refractivity contribution >= 4 is 45.2 Å². The Labute approximate surface area is 159 Å². The van der Waals surface area contributed by atoms with Gasteiger partial charge in [-0.25, -0.2) is 14.5 Å². The fourth-order valence-electron chi connectivity index (χ4n) is 2.72. The summed E-state index contributed by atoms with van der Waals surface area (Å²) in [7, 11) is 0. The lowest BCUT2D eigenvalue weighted by atomic mass is 10.2. The second kappa shape index (κ2) is 7.72. The van der Waals surface area contributed by atoms with Gasteiger partial charge in [-0.05, 0) is 29.5 Å². The topological polar surface area (TPSA) is 61.7 Å². The molecule has 0 fully saturated rings. The number of carbonyl (C=O) groups is 1. The summed E-state index contributed by atoms with van der Waals surface area (Å²) in [5.41, 5.74) is 3.40. The molecule has 130 valence electrons. The van der Waals surface area contributed by atoms with Crippen LogP contribution in [0.2, 0.25) is 0 Å². The molecular weight excluding hydrogens is 364 g/mol. The summed E-state index contributed by atoms with van der Waals surface area (Å²) in [5.74, 6) is 0.260. The van der Waals surface area contributed by atoms with Crippen molar-refractivity contribution in [3.63, 3.8) is 0 Å². The van der Waals surface area contributed by atoms with Gasteiger partial charge in [-0.1, -0.05) is 42.5 Å². The van der Waals surface area contributed by atoms with Crippen molar-refractivity contribution in [1.82, 2.24) is 9.97 Å². The molecule has 2 aromatic carbocycles. The van der Waals surface area contributed by atoms with Crippen LogP contribution in [0.5, 0.6) is 0 Å². The number of fused-ring (bicyclic) bond motifs is 1. The smallest absolute Gasteiger partial charge is 0.301 e. The second-order valence-electron chi connectivity index (χ2n) is 5.69. The third-order valence-electron chi connectivity index (χ3n) is 3.88. The Morgan fingerprint density at radius 3 is 2.77 bits per heavy atom. The van der Waals surface area contributed by atoms with E-state index in [1.165, 1.54) is 28.7 Å². The number of H-pyrrole nitrogens is 1. The van der Waals surface area contributed by atoms with Gasteiger partial charge in [0.05, 0.1) is 5.75 Å². The zero-order valence-corrected chi connectivity index (χ0v) is 15.5. The first kappa shape index (κ1) is 16.8. The number of thiazole rings is 1. The van der Waals surface area contributed by atoms with E-state index in [4.69, 9.17) is 0 Å². The third-order valence-corrected chi connectivity index (χ3v) is 5.57. The summed E-state index contributed by atoms with van der Waals surface area (Å²) in [4.78, 5) is 19.7. The van der Waals surface area contributed by atoms with Crippen molar-refractivity contribution in [3.05, 3.63) is 71.7 Å². The molecule has 2 heterocycles. The number of imidazole rings is 1. The predicted molar refractivity (Wildman–Crippen MR) is 106 cm³/mol. The van der Waals surface area contributed by atoms with Crippen molar-refractivity contribution < 1.29 is 9.36 Å². The minimum Gasteiger partial charge on any atom is -0.301 e. The Morgan fingerprint density at radius 1 is 1.15 bits per heavy atom. The Balaban J connectivity index is 1.55. The van der Waals surface area contributed by atoms with Gasteiger partial charge in [0.15, 0.2) is 16.2 Å². The normalized spacial score (nSPS) is 10.9. The number of hydrogen-bond donors (Lipinski definition) is 2. The van der Waals surface area contributed by atoms with Crippen LogP contribution in [0.25, 0.3) is 11.0 Å². The molecule has 0 bridgehead atoms. The molecule has 0 aliphatic rings. The van der Waals surface area contributed by atoms with E-state index in [1.807, 2.05) is 35.7 Å². The second-order valence-corrected chi connectivity index (χ2v) is 7.55. The molecule has 0 radical (unpaired) electrons. The Morgan fingerprint density at radius 2 is 1.96 bits per heavy atom. The highest BCUT2D eigenvalue weighted by molar-refractivity contribution is 7.99. The predicted octanol–water partition coefficient (Wildman–Crippen LogP) is 3.69. The lowest BCUT2D eigenvalue weighted by molar-refractivity contribution is -0.700. The van der Waals surface area contributed by atoms with Crippen LogP contribution in [0.4, 0.5) is 5.13 Å². The average Bonchev–Trinajstić information content (AvgIpc) is 3.29. The quantitative estimate of drug-likeness (QED) is 0.395. The van der Waals surface area contributed by atoms with Crippen LogP contribution < -0.4 is 9.88 Å². The van der Waals surface area contributed by atoms with Gasteiger partial charge in [0.2, 0.25) is 5.91 Å². The van der Waals surface area contributed by atoms with E-state index in [2.05, 4.69) is 44.1 Å². The largest absolute Gasteiger partial charge is 0.317 e. The molecule has 5 nitrogen and oxygen atoms in total. The van der Waals surface area contributed by atoms with Crippen LogP contribution in [0, 0.1) is 0 Å². The molecule has 4 aromatic rings. The zero-order valence-electron chi connectivity index (χ0n) is 13.9. The summed E-state index contributed by atoms with van der Waals surface area (Å²) < 4.78 is 2.21. The van der Waals surface area contributed by atoms with Crippen molar-refractivity contribution in [1.29, 1.82) is 0 Å². The van der Waals surface area contributed by atoms with Crippen LogP contribution >= 0.6 is 23.1 Å². The number of benzene rings is 2. The minimum absolute atomic E-state index is 0.0603. The number of anilines is 1. The van der Waals surface area contributed by atoms with Crippen LogP contribution in [0.3, 0.4) is 0 Å². The van der Waals surface area contributed by atoms with Crippen molar-refractivity contribution in [2.24, 2.45) is 0 Å². The van der Waals surface area contributed by atoms with E-state index in [1.54, 1.807) is 6.20 Å². The Hall–Kier alpha value is -2.64. The number of aromatic amines is 1. The molecule has 0 saturated heterocycles. The lowest BCUT2D eigenvalue weighted by Gasteiger charge is -2.03. The molecule has 2 N–H and O–H groups in total. The van der Waals surface area contributed by atoms with Gasteiger partial charge < -0.3 is 5.32 Å².